The molecule has 0 aromatic heterocycles. The molecule has 2 unspecified atom stereocenters. The minimum atomic E-state index is -1.39. The number of carbonyl (C=O) groups is 3. The van der Waals surface area contributed by atoms with Crippen LogP contribution < -0.4 is 5.32 Å². The third kappa shape index (κ3) is 7.68. The van der Waals surface area contributed by atoms with Crippen LogP contribution in [-0.4, -0.2) is 99.9 Å². The molecule has 7 rings (SSSR count). The number of benzene rings is 2. The number of unbranched alkanes of at least 4 members (excludes halogenated alkanes) is 4. The second-order valence-electron chi connectivity index (χ2n) is 15.8. The van der Waals surface area contributed by atoms with Gasteiger partial charge in [0.1, 0.15) is 41.6 Å². The average molecular weight is 760 g/mol. The van der Waals surface area contributed by atoms with Crippen molar-refractivity contribution in [1.82, 2.24) is 15.3 Å². The Bertz CT molecular complexity index is 1710. The van der Waals surface area contributed by atoms with Crippen LogP contribution in [0.2, 0.25) is 0 Å². The number of para-hydroxylation sites is 1. The van der Waals surface area contributed by atoms with Gasteiger partial charge in [-0.25, -0.2) is 0 Å². The fourth-order valence-corrected chi connectivity index (χ4v) is 9.53. The molecule has 2 aromatic rings. The van der Waals surface area contributed by atoms with Crippen LogP contribution in [0.1, 0.15) is 101 Å². The maximum Gasteiger partial charge on any atom is 0.327 e. The summed E-state index contributed by atoms with van der Waals surface area (Å²) in [6.45, 7) is 4.76. The number of aliphatic hydroxyl groups is 1. The topological polar surface area (TPSA) is 147 Å². The van der Waals surface area contributed by atoms with E-state index in [0.29, 0.717) is 38.6 Å². The van der Waals surface area contributed by atoms with Crippen LogP contribution in [0, 0.1) is 5.41 Å². The molecular weight excluding hydrogens is 702 g/mol. The summed E-state index contributed by atoms with van der Waals surface area (Å²) >= 11 is 0. The average Bonchev–Trinajstić information content (AvgIpc) is 3.91. The fraction of sp³-hybridized carbons (Fsp3) is 0.605. The summed E-state index contributed by atoms with van der Waals surface area (Å²) in [4.78, 5) is 51.6. The van der Waals surface area contributed by atoms with Crippen LogP contribution in [0.4, 0.5) is 0 Å². The van der Waals surface area contributed by atoms with Gasteiger partial charge in [0.05, 0.1) is 13.2 Å². The number of phenolic OH excluding ortho intramolecular Hbond substituents is 1. The van der Waals surface area contributed by atoms with Gasteiger partial charge in [-0.3, -0.25) is 19.2 Å². The zero-order valence-corrected chi connectivity index (χ0v) is 32.2. The molecule has 12 heteroatoms. The molecular formula is C43H57N3O9. The van der Waals surface area contributed by atoms with Gasteiger partial charge in [-0.05, 0) is 54.9 Å². The number of carbonyl (C=O) groups excluding carboxylic acids is 3. The number of allylic oxidation sites excluding steroid dienone is 1. The number of aliphatic hydroxyl groups excluding tert-OH is 1. The third-order valence-electron chi connectivity index (χ3n) is 12.2. The number of esters is 1. The number of nitrogens with one attached hydrogen (secondary N) is 1. The molecule has 4 heterocycles. The van der Waals surface area contributed by atoms with Gasteiger partial charge < -0.3 is 34.6 Å². The number of rotatable bonds is 17. The van der Waals surface area contributed by atoms with E-state index in [4.69, 9.17) is 19.0 Å². The lowest BCUT2D eigenvalue weighted by atomic mass is 9.62. The molecule has 1 aliphatic carbocycles. The number of phenols is 1. The zero-order chi connectivity index (χ0) is 38.6. The Kier molecular flexibility index (Phi) is 12.3. The first kappa shape index (κ1) is 39.4. The lowest BCUT2D eigenvalue weighted by molar-refractivity contribution is -0.225. The van der Waals surface area contributed by atoms with E-state index in [1.165, 1.54) is 0 Å². The minimum absolute atomic E-state index is 0.0898. The molecule has 55 heavy (non-hydrogen) atoms. The van der Waals surface area contributed by atoms with Crippen LogP contribution in [-0.2, 0) is 46.4 Å². The summed E-state index contributed by atoms with van der Waals surface area (Å²) in [7, 11) is 0. The summed E-state index contributed by atoms with van der Waals surface area (Å²) in [5, 5.41) is 24.1. The van der Waals surface area contributed by atoms with E-state index in [1.807, 2.05) is 48.6 Å². The minimum Gasteiger partial charge on any atom is -0.508 e. The molecule has 3 N–H and O–H groups in total. The van der Waals surface area contributed by atoms with Crippen molar-refractivity contribution in [1.29, 1.82) is 0 Å². The van der Waals surface area contributed by atoms with Crippen LogP contribution in [0.25, 0.3) is 6.08 Å². The van der Waals surface area contributed by atoms with E-state index >= 15 is 4.79 Å². The number of hydroxylamine groups is 2. The summed E-state index contributed by atoms with van der Waals surface area (Å²) < 4.78 is 20.2. The number of likely N-dealkylation sites (tertiary alicyclic amines) is 1. The van der Waals surface area contributed by atoms with Crippen molar-refractivity contribution in [3.05, 3.63) is 71.3 Å². The van der Waals surface area contributed by atoms with Crippen molar-refractivity contribution >= 4 is 23.9 Å². The van der Waals surface area contributed by atoms with Crippen molar-refractivity contribution in [2.75, 3.05) is 19.7 Å². The summed E-state index contributed by atoms with van der Waals surface area (Å²) in [6, 6.07) is 13.3. The molecule has 2 amide bonds. The number of aromatic hydroxyl groups is 1. The van der Waals surface area contributed by atoms with E-state index < -0.39 is 53.7 Å². The molecule has 298 valence electrons. The Morgan fingerprint density at radius 2 is 1.67 bits per heavy atom. The van der Waals surface area contributed by atoms with Crippen LogP contribution >= 0.6 is 0 Å². The number of hydrogen-bond donors (Lipinski definition) is 3. The molecule has 0 spiro atoms. The lowest BCUT2D eigenvalue weighted by Gasteiger charge is -2.50. The molecule has 4 saturated heterocycles. The van der Waals surface area contributed by atoms with Crippen molar-refractivity contribution in [3.8, 4) is 5.75 Å². The molecule has 0 radical (unpaired) electrons. The molecule has 2 bridgehead atoms. The lowest BCUT2D eigenvalue weighted by Crippen LogP contribution is -2.70. The van der Waals surface area contributed by atoms with Crippen molar-refractivity contribution in [3.63, 3.8) is 0 Å². The van der Waals surface area contributed by atoms with Crippen molar-refractivity contribution < 1.29 is 43.6 Å². The van der Waals surface area contributed by atoms with E-state index in [9.17, 15) is 19.8 Å². The molecule has 1 saturated carbocycles. The highest BCUT2D eigenvalue weighted by atomic mass is 16.8. The van der Waals surface area contributed by atoms with Gasteiger partial charge in [-0.1, -0.05) is 94.1 Å². The maximum atomic E-state index is 15.3. The molecule has 2 aromatic carbocycles. The van der Waals surface area contributed by atoms with E-state index in [0.717, 1.165) is 55.2 Å². The SMILES string of the molecule is CCCCCC1(CCCCC)O[C@@H]2[C@H]3ON(Cc4ccccc4C=CCc4ccccc4O)[C@H]4C(=O)OC(CC34C(=O)N3CCC[C@@H]3C(=O)NCCO)[C@@H]2O1. The maximum absolute atomic E-state index is 15.3. The van der Waals surface area contributed by atoms with Gasteiger partial charge in [0.15, 0.2) is 11.8 Å². The Hall–Kier alpha value is -3.81. The predicted octanol–water partition coefficient (Wildman–Crippen LogP) is 5.19. The highest BCUT2D eigenvalue weighted by Gasteiger charge is 2.77. The first-order valence-corrected chi connectivity index (χ1v) is 20.5. The highest BCUT2D eigenvalue weighted by molar-refractivity contribution is 5.96. The van der Waals surface area contributed by atoms with Gasteiger partial charge in [-0.15, -0.1) is 0 Å². The number of amides is 2. The van der Waals surface area contributed by atoms with E-state index in [1.54, 1.807) is 22.1 Å². The first-order chi connectivity index (χ1) is 26.7. The molecule has 7 atom stereocenters. The zero-order valence-electron chi connectivity index (χ0n) is 32.2. The summed E-state index contributed by atoms with van der Waals surface area (Å²) in [5.74, 6) is -1.82. The highest BCUT2D eigenvalue weighted by Crippen LogP contribution is 2.59. The van der Waals surface area contributed by atoms with Gasteiger partial charge in [-0.2, -0.15) is 5.06 Å². The first-order valence-electron chi connectivity index (χ1n) is 20.5. The Morgan fingerprint density at radius 3 is 2.40 bits per heavy atom. The van der Waals surface area contributed by atoms with Gasteiger partial charge in [0.2, 0.25) is 11.8 Å². The van der Waals surface area contributed by atoms with Crippen LogP contribution in [0.15, 0.2) is 54.6 Å². The Labute approximate surface area is 324 Å². The quantitative estimate of drug-likeness (QED) is 0.146. The Balaban J connectivity index is 1.24. The number of fused-ring (bicyclic) bond motifs is 4. The molecule has 4 aliphatic heterocycles. The summed E-state index contributed by atoms with van der Waals surface area (Å²) in [6.07, 6.45) is 10.3. The number of hydrogen-bond acceptors (Lipinski definition) is 10. The second kappa shape index (κ2) is 17.1. The van der Waals surface area contributed by atoms with Gasteiger partial charge >= 0.3 is 5.97 Å². The third-order valence-corrected chi connectivity index (χ3v) is 12.2. The number of ether oxygens (including phenoxy) is 3. The monoisotopic (exact) mass is 759 g/mol. The standard InChI is InChI=1S/C43H57N3O9/c1-3-5-11-22-42(23-12-6-4-2)53-35-34-27-43(41(51)45-25-14-20-32(45)39(49)44-24-26-47)37(40(50)52-34)46(55-38(43)36(35)54-42)28-31-17-8-7-15-29(31)18-13-19-30-16-9-10-21-33(30)48/h7-10,13,15-18,21,32,34-38,47-48H,3-6,11-12,14,19-20,22-28H2,1-2H3,(H,44,49)/t32-,34?,35+,36+,37+,38-,43?/m1/s1. The molecule has 12 nitrogen and oxygen atoms in total. The van der Waals surface area contributed by atoms with Crippen LogP contribution in [0.3, 0.4) is 0 Å². The van der Waals surface area contributed by atoms with Gasteiger partial charge in [0.25, 0.3) is 0 Å². The van der Waals surface area contributed by atoms with E-state index in [2.05, 4.69) is 19.2 Å². The smallest absolute Gasteiger partial charge is 0.327 e. The largest absolute Gasteiger partial charge is 0.508 e. The predicted molar refractivity (Wildman–Crippen MR) is 204 cm³/mol. The fourth-order valence-electron chi connectivity index (χ4n) is 9.53. The Morgan fingerprint density at radius 1 is 0.964 bits per heavy atom. The van der Waals surface area contributed by atoms with Crippen molar-refractivity contribution in [2.45, 2.75) is 140 Å². The molecule has 5 aliphatic rings. The number of nitrogens with zero attached hydrogens (tertiary/aromatic N) is 2. The van der Waals surface area contributed by atoms with Crippen molar-refractivity contribution in [2.24, 2.45) is 5.41 Å². The molecule has 5 fully saturated rings. The second-order valence-corrected chi connectivity index (χ2v) is 15.8. The van der Waals surface area contributed by atoms with E-state index in [-0.39, 0.29) is 43.7 Å². The normalized spacial score (nSPS) is 29.4. The van der Waals surface area contributed by atoms with Crippen LogP contribution in [0.5, 0.6) is 5.75 Å². The summed E-state index contributed by atoms with van der Waals surface area (Å²) in [5.41, 5.74) is 1.21. The van der Waals surface area contributed by atoms with Gasteiger partial charge in [0, 0.05) is 32.4 Å².